The summed E-state index contributed by atoms with van der Waals surface area (Å²) in [6.45, 7) is 0. The van der Waals surface area contributed by atoms with Crippen LogP contribution in [-0.2, 0) is 21.2 Å². The molecule has 2 N–H and O–H groups in total. The second kappa shape index (κ2) is 8.58. The maximum atomic E-state index is 12.5. The van der Waals surface area contributed by atoms with Crippen LogP contribution >= 0.6 is 0 Å². The Labute approximate surface area is 164 Å². The van der Waals surface area contributed by atoms with Crippen molar-refractivity contribution in [2.75, 3.05) is 17.1 Å². The van der Waals surface area contributed by atoms with E-state index in [4.69, 9.17) is 4.74 Å². The Morgan fingerprint density at radius 1 is 0.857 bits per heavy atom. The molecule has 0 saturated carbocycles. The zero-order valence-corrected chi connectivity index (χ0v) is 16.1. The number of hydrogen-bond acceptors (Lipinski definition) is 4. The molecule has 1 amide bonds. The van der Waals surface area contributed by atoms with E-state index in [0.717, 1.165) is 5.56 Å². The number of anilines is 2. The fraction of sp³-hybridized carbons (Fsp3) is 0.0952. The molecule has 144 valence electrons. The Morgan fingerprint density at radius 2 is 1.46 bits per heavy atom. The first-order chi connectivity index (χ1) is 13.5. The highest BCUT2D eigenvalue weighted by atomic mass is 32.2. The topological polar surface area (TPSA) is 84.5 Å². The van der Waals surface area contributed by atoms with Gasteiger partial charge in [-0.2, -0.15) is 0 Å². The van der Waals surface area contributed by atoms with E-state index in [-0.39, 0.29) is 17.2 Å². The summed E-state index contributed by atoms with van der Waals surface area (Å²) < 4.78 is 32.6. The molecule has 3 rings (SSSR count). The van der Waals surface area contributed by atoms with Gasteiger partial charge < -0.3 is 10.1 Å². The first-order valence-electron chi connectivity index (χ1n) is 8.57. The van der Waals surface area contributed by atoms with Crippen molar-refractivity contribution in [2.24, 2.45) is 0 Å². The van der Waals surface area contributed by atoms with E-state index in [2.05, 4.69) is 10.0 Å². The minimum Gasteiger partial charge on any atom is -0.497 e. The molecule has 3 aromatic carbocycles. The summed E-state index contributed by atoms with van der Waals surface area (Å²) in [7, 11) is -2.19. The van der Waals surface area contributed by atoms with Gasteiger partial charge in [-0.1, -0.05) is 30.3 Å². The summed E-state index contributed by atoms with van der Waals surface area (Å²) in [6, 6.07) is 22.0. The van der Waals surface area contributed by atoms with Crippen molar-refractivity contribution in [2.45, 2.75) is 11.3 Å². The summed E-state index contributed by atoms with van der Waals surface area (Å²) in [5.41, 5.74) is 1.87. The first-order valence-corrected chi connectivity index (χ1v) is 10.1. The maximum absolute atomic E-state index is 12.5. The fourth-order valence-corrected chi connectivity index (χ4v) is 3.64. The van der Waals surface area contributed by atoms with Crippen molar-refractivity contribution in [3.63, 3.8) is 0 Å². The van der Waals surface area contributed by atoms with Gasteiger partial charge in [0.1, 0.15) is 5.75 Å². The van der Waals surface area contributed by atoms with E-state index in [1.807, 2.05) is 30.3 Å². The fourth-order valence-electron chi connectivity index (χ4n) is 2.58. The van der Waals surface area contributed by atoms with Crippen LogP contribution in [0.4, 0.5) is 11.4 Å². The van der Waals surface area contributed by atoms with E-state index in [9.17, 15) is 13.2 Å². The van der Waals surface area contributed by atoms with E-state index in [1.54, 1.807) is 43.5 Å². The number of carbonyl (C=O) groups excluding carboxylic acids is 1. The van der Waals surface area contributed by atoms with Crippen molar-refractivity contribution < 1.29 is 17.9 Å². The molecule has 0 unspecified atom stereocenters. The summed E-state index contributed by atoms with van der Waals surface area (Å²) in [6.07, 6.45) is 0.250. The minimum absolute atomic E-state index is 0.101. The van der Waals surface area contributed by atoms with Crippen LogP contribution in [0.2, 0.25) is 0 Å². The third kappa shape index (κ3) is 5.11. The highest BCUT2D eigenvalue weighted by Gasteiger charge is 2.14. The van der Waals surface area contributed by atoms with Crippen LogP contribution in [0.25, 0.3) is 0 Å². The van der Waals surface area contributed by atoms with Gasteiger partial charge in [-0.3, -0.25) is 9.52 Å². The molecule has 28 heavy (non-hydrogen) atoms. The van der Waals surface area contributed by atoms with Crippen molar-refractivity contribution >= 4 is 27.3 Å². The van der Waals surface area contributed by atoms with Crippen LogP contribution in [0.5, 0.6) is 5.75 Å². The van der Waals surface area contributed by atoms with Gasteiger partial charge in [-0.05, 0) is 54.1 Å². The lowest BCUT2D eigenvalue weighted by molar-refractivity contribution is -0.115. The largest absolute Gasteiger partial charge is 0.497 e. The molecule has 0 heterocycles. The predicted octanol–water partition coefficient (Wildman–Crippen LogP) is 3.68. The number of sulfonamides is 1. The van der Waals surface area contributed by atoms with Crippen molar-refractivity contribution in [3.05, 3.63) is 84.4 Å². The van der Waals surface area contributed by atoms with Gasteiger partial charge in [0, 0.05) is 11.4 Å². The third-order valence-electron chi connectivity index (χ3n) is 4.00. The molecule has 0 aromatic heterocycles. The van der Waals surface area contributed by atoms with Crippen LogP contribution in [-0.4, -0.2) is 21.4 Å². The lowest BCUT2D eigenvalue weighted by Gasteiger charge is -2.10. The van der Waals surface area contributed by atoms with Gasteiger partial charge in [-0.25, -0.2) is 8.42 Å². The average Bonchev–Trinajstić information content (AvgIpc) is 2.69. The quantitative estimate of drug-likeness (QED) is 0.638. The molecule has 0 radical (unpaired) electrons. The number of ether oxygens (including phenoxy) is 1. The summed E-state index contributed by atoms with van der Waals surface area (Å²) >= 11 is 0. The minimum atomic E-state index is -3.73. The predicted molar refractivity (Wildman–Crippen MR) is 109 cm³/mol. The molecular formula is C21H20N2O4S. The van der Waals surface area contributed by atoms with E-state index >= 15 is 0 Å². The molecule has 0 saturated heterocycles. The molecule has 0 spiro atoms. The smallest absolute Gasteiger partial charge is 0.261 e. The number of carbonyl (C=O) groups is 1. The number of hydrogen-bond donors (Lipinski definition) is 2. The number of benzene rings is 3. The van der Waals surface area contributed by atoms with Gasteiger partial charge >= 0.3 is 0 Å². The molecule has 0 aliphatic heterocycles. The van der Waals surface area contributed by atoms with Crippen LogP contribution in [0.1, 0.15) is 5.56 Å². The highest BCUT2D eigenvalue weighted by molar-refractivity contribution is 7.92. The Hall–Kier alpha value is -3.32. The molecule has 0 atom stereocenters. The van der Waals surface area contributed by atoms with Crippen molar-refractivity contribution in [3.8, 4) is 5.75 Å². The van der Waals surface area contributed by atoms with Crippen LogP contribution in [0, 0.1) is 0 Å². The summed E-state index contributed by atoms with van der Waals surface area (Å²) in [5.74, 6) is 0.469. The van der Waals surface area contributed by atoms with E-state index in [1.165, 1.54) is 12.1 Å². The van der Waals surface area contributed by atoms with Crippen LogP contribution in [0.3, 0.4) is 0 Å². The molecule has 0 aliphatic carbocycles. The summed E-state index contributed by atoms with van der Waals surface area (Å²) in [5, 5.41) is 2.76. The van der Waals surface area contributed by atoms with Crippen molar-refractivity contribution in [1.29, 1.82) is 0 Å². The standard InChI is InChI=1S/C21H20N2O4S/c1-27-19-11-7-18(8-12-19)23-28(25,26)20-13-9-17(10-14-20)22-21(24)15-16-5-3-2-4-6-16/h2-14,23H,15H2,1H3,(H,22,24). The van der Waals surface area contributed by atoms with E-state index in [0.29, 0.717) is 17.1 Å². The zero-order valence-electron chi connectivity index (χ0n) is 15.3. The number of nitrogens with one attached hydrogen (secondary N) is 2. The van der Waals surface area contributed by atoms with Gasteiger partial charge in [0.2, 0.25) is 5.91 Å². The van der Waals surface area contributed by atoms with Gasteiger partial charge in [-0.15, -0.1) is 0 Å². The van der Waals surface area contributed by atoms with Crippen LogP contribution < -0.4 is 14.8 Å². The lowest BCUT2D eigenvalue weighted by atomic mass is 10.1. The third-order valence-corrected chi connectivity index (χ3v) is 5.40. The average molecular weight is 396 g/mol. The normalized spacial score (nSPS) is 10.9. The molecule has 3 aromatic rings. The molecule has 7 heteroatoms. The van der Waals surface area contributed by atoms with Gasteiger partial charge in [0.05, 0.1) is 18.4 Å². The van der Waals surface area contributed by atoms with Crippen molar-refractivity contribution in [1.82, 2.24) is 0 Å². The zero-order chi connectivity index (χ0) is 20.0. The number of amides is 1. The van der Waals surface area contributed by atoms with Gasteiger partial charge in [0.15, 0.2) is 0 Å². The molecular weight excluding hydrogens is 376 g/mol. The van der Waals surface area contributed by atoms with E-state index < -0.39 is 10.0 Å². The van der Waals surface area contributed by atoms with Crippen LogP contribution in [0.15, 0.2) is 83.8 Å². The Morgan fingerprint density at radius 3 is 2.07 bits per heavy atom. The first kappa shape index (κ1) is 19.4. The highest BCUT2D eigenvalue weighted by Crippen LogP contribution is 2.20. The Balaban J connectivity index is 1.64. The second-order valence-corrected chi connectivity index (χ2v) is 7.75. The molecule has 0 bridgehead atoms. The monoisotopic (exact) mass is 396 g/mol. The molecule has 6 nitrogen and oxygen atoms in total. The maximum Gasteiger partial charge on any atom is 0.261 e. The Kier molecular flexibility index (Phi) is 5.96. The second-order valence-electron chi connectivity index (χ2n) is 6.07. The molecule has 0 fully saturated rings. The molecule has 0 aliphatic rings. The SMILES string of the molecule is COc1ccc(NS(=O)(=O)c2ccc(NC(=O)Cc3ccccc3)cc2)cc1. The van der Waals surface area contributed by atoms with Gasteiger partial charge in [0.25, 0.3) is 10.0 Å². The Bertz CT molecular complexity index is 1030. The summed E-state index contributed by atoms with van der Waals surface area (Å²) in [4.78, 5) is 12.2. The number of methoxy groups -OCH3 is 1. The lowest BCUT2D eigenvalue weighted by Crippen LogP contribution is -2.15. The number of rotatable bonds is 7.